The van der Waals surface area contributed by atoms with Crippen molar-refractivity contribution in [1.29, 1.82) is 0 Å². The molecule has 0 bridgehead atoms. The SMILES string of the molecule is CC1(C)C(O)CC1NC(=O)c1c(Cl)cccc1[N+](=O)[O-]. The second-order valence-electron chi connectivity index (χ2n) is 5.49. The molecule has 1 aliphatic rings. The maximum absolute atomic E-state index is 12.2. The standard InChI is InChI=1S/C13H15ClN2O4/c1-13(2)9(6-10(13)17)15-12(18)11-7(14)4-3-5-8(11)16(19)20/h3-5,9-10,17H,6H2,1-2H3,(H,15,18). The van der Waals surface area contributed by atoms with E-state index in [1.807, 2.05) is 13.8 Å². The van der Waals surface area contributed by atoms with Crippen LogP contribution in [0.25, 0.3) is 0 Å². The summed E-state index contributed by atoms with van der Waals surface area (Å²) in [5.41, 5.74) is -0.921. The Balaban J connectivity index is 2.25. The number of benzene rings is 1. The van der Waals surface area contributed by atoms with E-state index in [1.165, 1.54) is 18.2 Å². The first-order valence-electron chi connectivity index (χ1n) is 6.17. The predicted octanol–water partition coefficient (Wildman–Crippen LogP) is 2.14. The van der Waals surface area contributed by atoms with E-state index in [4.69, 9.17) is 11.6 Å². The molecule has 0 radical (unpaired) electrons. The van der Waals surface area contributed by atoms with Crippen LogP contribution in [-0.2, 0) is 0 Å². The number of nitrogens with one attached hydrogen (secondary N) is 1. The Labute approximate surface area is 120 Å². The zero-order chi connectivity index (χ0) is 15.1. The van der Waals surface area contributed by atoms with E-state index in [-0.39, 0.29) is 22.3 Å². The minimum absolute atomic E-state index is 0.0365. The smallest absolute Gasteiger partial charge is 0.283 e. The summed E-state index contributed by atoms with van der Waals surface area (Å²) in [6.07, 6.45) is -0.0641. The van der Waals surface area contributed by atoms with E-state index < -0.39 is 22.3 Å². The number of carbonyl (C=O) groups is 1. The minimum Gasteiger partial charge on any atom is -0.392 e. The number of carbonyl (C=O) groups excluding carboxylic acids is 1. The molecular weight excluding hydrogens is 284 g/mol. The molecule has 0 heterocycles. The molecule has 1 aliphatic carbocycles. The third-order valence-electron chi connectivity index (χ3n) is 3.94. The Morgan fingerprint density at radius 2 is 2.20 bits per heavy atom. The predicted molar refractivity (Wildman–Crippen MR) is 73.8 cm³/mol. The molecule has 0 spiro atoms. The molecule has 0 saturated heterocycles. The summed E-state index contributed by atoms with van der Waals surface area (Å²) in [5.74, 6) is -0.590. The summed E-state index contributed by atoms with van der Waals surface area (Å²) >= 11 is 5.90. The highest BCUT2D eigenvalue weighted by atomic mass is 35.5. The molecule has 1 aromatic rings. The molecule has 0 aromatic heterocycles. The fourth-order valence-electron chi connectivity index (χ4n) is 2.27. The fraction of sp³-hybridized carbons (Fsp3) is 0.462. The molecule has 1 fully saturated rings. The molecule has 6 nitrogen and oxygen atoms in total. The normalized spacial score (nSPS) is 23.8. The van der Waals surface area contributed by atoms with Gasteiger partial charge in [-0.1, -0.05) is 31.5 Å². The van der Waals surface area contributed by atoms with Crippen LogP contribution in [0, 0.1) is 15.5 Å². The van der Waals surface area contributed by atoms with E-state index in [1.54, 1.807) is 0 Å². The fourth-order valence-corrected chi connectivity index (χ4v) is 2.52. The first kappa shape index (κ1) is 14.7. The van der Waals surface area contributed by atoms with Crippen LogP contribution in [0.4, 0.5) is 5.69 Å². The number of amides is 1. The summed E-state index contributed by atoms with van der Waals surface area (Å²) < 4.78 is 0. The zero-order valence-corrected chi connectivity index (χ0v) is 11.8. The quantitative estimate of drug-likeness (QED) is 0.660. The van der Waals surface area contributed by atoms with E-state index in [2.05, 4.69) is 5.32 Å². The number of nitrogens with zero attached hydrogens (tertiary/aromatic N) is 1. The number of hydrogen-bond acceptors (Lipinski definition) is 4. The summed E-state index contributed by atoms with van der Waals surface area (Å²) in [6, 6.07) is 3.86. The Kier molecular flexibility index (Phi) is 3.71. The van der Waals surface area contributed by atoms with E-state index >= 15 is 0 Å². The Morgan fingerprint density at radius 1 is 1.55 bits per heavy atom. The third kappa shape index (κ3) is 2.36. The van der Waals surface area contributed by atoms with Crippen LogP contribution in [0.1, 0.15) is 30.6 Å². The number of nitro groups is 1. The number of aliphatic hydroxyl groups excluding tert-OH is 1. The molecule has 2 N–H and O–H groups in total. The average molecular weight is 299 g/mol. The zero-order valence-electron chi connectivity index (χ0n) is 11.1. The lowest BCUT2D eigenvalue weighted by molar-refractivity contribution is -0.385. The highest BCUT2D eigenvalue weighted by molar-refractivity contribution is 6.34. The van der Waals surface area contributed by atoms with Gasteiger partial charge in [0.05, 0.1) is 16.0 Å². The van der Waals surface area contributed by atoms with E-state index in [0.717, 1.165) is 0 Å². The number of hydrogen-bond donors (Lipinski definition) is 2. The molecule has 7 heteroatoms. The van der Waals surface area contributed by atoms with Crippen LogP contribution in [0.3, 0.4) is 0 Å². The number of rotatable bonds is 3. The summed E-state index contributed by atoms with van der Waals surface area (Å²) in [4.78, 5) is 22.5. The Morgan fingerprint density at radius 3 is 2.70 bits per heavy atom. The summed E-state index contributed by atoms with van der Waals surface area (Å²) in [5, 5.41) is 23.3. The van der Waals surface area contributed by atoms with Gasteiger partial charge in [0.25, 0.3) is 11.6 Å². The molecule has 1 amide bonds. The van der Waals surface area contributed by atoms with Crippen molar-refractivity contribution in [2.45, 2.75) is 32.4 Å². The number of aliphatic hydroxyl groups is 1. The van der Waals surface area contributed by atoms with Gasteiger partial charge in [0.15, 0.2) is 0 Å². The van der Waals surface area contributed by atoms with Crippen molar-refractivity contribution in [1.82, 2.24) is 5.32 Å². The second-order valence-corrected chi connectivity index (χ2v) is 5.90. The minimum atomic E-state index is -0.637. The van der Waals surface area contributed by atoms with Gasteiger partial charge in [-0.05, 0) is 12.5 Å². The number of nitro benzene ring substituents is 1. The maximum Gasteiger partial charge on any atom is 0.283 e. The van der Waals surface area contributed by atoms with Crippen molar-refractivity contribution >= 4 is 23.2 Å². The summed E-state index contributed by atoms with van der Waals surface area (Å²) in [6.45, 7) is 3.65. The van der Waals surface area contributed by atoms with Gasteiger partial charge in [-0.15, -0.1) is 0 Å². The lowest BCUT2D eigenvalue weighted by Gasteiger charge is -2.49. The molecule has 2 rings (SSSR count). The number of halogens is 1. The van der Waals surface area contributed by atoms with Gasteiger partial charge in [-0.2, -0.15) is 0 Å². The molecule has 1 aromatic carbocycles. The Hall–Kier alpha value is -1.66. The largest absolute Gasteiger partial charge is 0.392 e. The van der Waals surface area contributed by atoms with Gasteiger partial charge in [-0.3, -0.25) is 14.9 Å². The molecule has 2 unspecified atom stereocenters. The summed E-state index contributed by atoms with van der Waals surface area (Å²) in [7, 11) is 0. The first-order valence-corrected chi connectivity index (χ1v) is 6.54. The molecular formula is C13H15ClN2O4. The van der Waals surface area contributed by atoms with Crippen molar-refractivity contribution in [3.63, 3.8) is 0 Å². The lowest BCUT2D eigenvalue weighted by atomic mass is 9.64. The van der Waals surface area contributed by atoms with Crippen molar-refractivity contribution in [3.05, 3.63) is 38.9 Å². The topological polar surface area (TPSA) is 92.5 Å². The van der Waals surface area contributed by atoms with E-state index in [0.29, 0.717) is 6.42 Å². The molecule has 20 heavy (non-hydrogen) atoms. The van der Waals surface area contributed by atoms with Gasteiger partial charge in [-0.25, -0.2) is 0 Å². The maximum atomic E-state index is 12.2. The van der Waals surface area contributed by atoms with Crippen molar-refractivity contribution in [2.75, 3.05) is 0 Å². The average Bonchev–Trinajstić information content (AvgIpc) is 2.37. The van der Waals surface area contributed by atoms with Gasteiger partial charge >= 0.3 is 0 Å². The molecule has 0 aliphatic heterocycles. The van der Waals surface area contributed by atoms with Crippen molar-refractivity contribution < 1.29 is 14.8 Å². The van der Waals surface area contributed by atoms with Crippen LogP contribution in [0.15, 0.2) is 18.2 Å². The van der Waals surface area contributed by atoms with Crippen molar-refractivity contribution in [3.8, 4) is 0 Å². The Bertz CT molecular complexity index is 573. The van der Waals surface area contributed by atoms with Crippen LogP contribution < -0.4 is 5.32 Å². The van der Waals surface area contributed by atoms with Crippen LogP contribution in [0.2, 0.25) is 5.02 Å². The molecule has 1 saturated carbocycles. The van der Waals surface area contributed by atoms with Crippen molar-refractivity contribution in [2.24, 2.45) is 5.41 Å². The third-order valence-corrected chi connectivity index (χ3v) is 4.25. The second kappa shape index (κ2) is 5.03. The van der Waals surface area contributed by atoms with Gasteiger partial charge in [0, 0.05) is 17.5 Å². The highest BCUT2D eigenvalue weighted by Crippen LogP contribution is 2.40. The van der Waals surface area contributed by atoms with Gasteiger partial charge in [0.1, 0.15) is 5.56 Å². The monoisotopic (exact) mass is 298 g/mol. The van der Waals surface area contributed by atoms with Gasteiger partial charge in [0.2, 0.25) is 0 Å². The first-order chi connectivity index (χ1) is 9.25. The van der Waals surface area contributed by atoms with Crippen LogP contribution >= 0.6 is 11.6 Å². The van der Waals surface area contributed by atoms with E-state index in [9.17, 15) is 20.0 Å². The lowest BCUT2D eigenvalue weighted by Crippen LogP contribution is -2.61. The molecule has 2 atom stereocenters. The van der Waals surface area contributed by atoms with Gasteiger partial charge < -0.3 is 10.4 Å². The highest BCUT2D eigenvalue weighted by Gasteiger charge is 2.48. The molecule has 108 valence electrons. The van der Waals surface area contributed by atoms with Crippen LogP contribution in [0.5, 0.6) is 0 Å². The van der Waals surface area contributed by atoms with Crippen LogP contribution in [-0.4, -0.2) is 28.1 Å².